The van der Waals surface area contributed by atoms with Crippen LogP contribution in [-0.4, -0.2) is 35.7 Å². The Morgan fingerprint density at radius 1 is 1.44 bits per heavy atom. The average molecular weight is 229 g/mol. The van der Waals surface area contributed by atoms with Gasteiger partial charge < -0.3 is 15.2 Å². The number of carbonyl (C=O) groups is 2. The number of esters is 1. The second-order valence-corrected chi connectivity index (χ2v) is 5.10. The summed E-state index contributed by atoms with van der Waals surface area (Å²) < 4.78 is 5.13. The maximum Gasteiger partial charge on any atom is 0.321 e. The van der Waals surface area contributed by atoms with Crippen molar-refractivity contribution in [2.75, 3.05) is 13.1 Å². The first-order valence-electron chi connectivity index (χ1n) is 5.47. The predicted molar refractivity (Wildman–Crippen MR) is 57.9 cm³/mol. The smallest absolute Gasteiger partial charge is 0.321 e. The normalized spacial score (nSPS) is 22.8. The van der Waals surface area contributed by atoms with Crippen molar-refractivity contribution in [2.24, 2.45) is 11.8 Å². The van der Waals surface area contributed by atoms with Crippen molar-refractivity contribution in [3.8, 4) is 0 Å². The number of carboxylic acid groups (broad SMARTS) is 1. The molecule has 0 radical (unpaired) electrons. The Morgan fingerprint density at radius 2 is 2.06 bits per heavy atom. The molecule has 0 amide bonds. The Balaban J connectivity index is 2.70. The van der Waals surface area contributed by atoms with Gasteiger partial charge in [0.25, 0.3) is 0 Å². The van der Waals surface area contributed by atoms with Gasteiger partial charge in [-0.1, -0.05) is 0 Å². The lowest BCUT2D eigenvalue weighted by Crippen LogP contribution is -2.37. The average Bonchev–Trinajstić information content (AvgIpc) is 2.52. The monoisotopic (exact) mass is 229 g/mol. The van der Waals surface area contributed by atoms with Gasteiger partial charge in [0.1, 0.15) is 5.60 Å². The maximum atomic E-state index is 11.8. The maximum absolute atomic E-state index is 11.8. The fraction of sp³-hybridized carbons (Fsp3) is 0.818. The number of hydrogen-bond donors (Lipinski definition) is 2. The van der Waals surface area contributed by atoms with Gasteiger partial charge in [-0.05, 0) is 46.2 Å². The van der Waals surface area contributed by atoms with Crippen LogP contribution in [0.4, 0.5) is 0 Å². The minimum absolute atomic E-state index is 0.160. The summed E-state index contributed by atoms with van der Waals surface area (Å²) in [5.41, 5.74) is -0.642. The van der Waals surface area contributed by atoms with Gasteiger partial charge in [0.15, 0.2) is 5.92 Å². The highest BCUT2D eigenvalue weighted by atomic mass is 16.6. The quantitative estimate of drug-likeness (QED) is 0.548. The van der Waals surface area contributed by atoms with E-state index in [9.17, 15) is 9.59 Å². The van der Waals surface area contributed by atoms with Crippen LogP contribution in [0.25, 0.3) is 0 Å². The molecule has 0 bridgehead atoms. The van der Waals surface area contributed by atoms with Crippen LogP contribution >= 0.6 is 0 Å². The SMILES string of the molecule is CC(C)(C)OC(=O)[C@@H](C(=O)O)C1CCNC1. The number of carbonyl (C=O) groups excluding carboxylic acids is 1. The minimum atomic E-state index is -1.09. The van der Waals surface area contributed by atoms with E-state index in [0.717, 1.165) is 6.54 Å². The van der Waals surface area contributed by atoms with E-state index in [1.165, 1.54) is 0 Å². The van der Waals surface area contributed by atoms with E-state index in [4.69, 9.17) is 9.84 Å². The molecular weight excluding hydrogens is 210 g/mol. The summed E-state index contributed by atoms with van der Waals surface area (Å²) in [6.45, 7) is 6.53. The standard InChI is InChI=1S/C11H19NO4/c1-11(2,3)16-10(15)8(9(13)14)7-4-5-12-6-7/h7-8,12H,4-6H2,1-3H3,(H,13,14)/t7?,8-/m1/s1. The van der Waals surface area contributed by atoms with Gasteiger partial charge in [0.2, 0.25) is 0 Å². The molecule has 5 nitrogen and oxygen atoms in total. The zero-order valence-corrected chi connectivity index (χ0v) is 9.95. The lowest BCUT2D eigenvalue weighted by atomic mass is 9.91. The van der Waals surface area contributed by atoms with Crippen LogP contribution < -0.4 is 5.32 Å². The summed E-state index contributed by atoms with van der Waals surface area (Å²) in [4.78, 5) is 22.8. The number of rotatable bonds is 3. The zero-order chi connectivity index (χ0) is 12.3. The van der Waals surface area contributed by atoms with E-state index >= 15 is 0 Å². The van der Waals surface area contributed by atoms with E-state index < -0.39 is 23.5 Å². The molecule has 0 spiro atoms. The molecule has 16 heavy (non-hydrogen) atoms. The van der Waals surface area contributed by atoms with Gasteiger partial charge >= 0.3 is 11.9 Å². The number of ether oxygens (including phenoxy) is 1. The third kappa shape index (κ3) is 3.48. The number of nitrogens with one attached hydrogen (secondary N) is 1. The molecule has 92 valence electrons. The van der Waals surface area contributed by atoms with Crippen molar-refractivity contribution in [3.63, 3.8) is 0 Å². The molecule has 1 fully saturated rings. The van der Waals surface area contributed by atoms with E-state index in [1.807, 2.05) is 0 Å². The van der Waals surface area contributed by atoms with Gasteiger partial charge in [-0.2, -0.15) is 0 Å². The summed E-state index contributed by atoms with van der Waals surface area (Å²) in [5.74, 6) is -2.93. The minimum Gasteiger partial charge on any atom is -0.481 e. The second-order valence-electron chi connectivity index (χ2n) is 5.10. The molecule has 0 aromatic rings. The molecule has 2 N–H and O–H groups in total. The first-order valence-corrected chi connectivity index (χ1v) is 5.47. The molecule has 1 rings (SSSR count). The summed E-state index contributed by atoms with van der Waals surface area (Å²) in [7, 11) is 0. The van der Waals surface area contributed by atoms with Crippen molar-refractivity contribution in [1.82, 2.24) is 5.32 Å². The first kappa shape index (κ1) is 13.0. The van der Waals surface area contributed by atoms with Crippen LogP contribution in [-0.2, 0) is 14.3 Å². The summed E-state index contributed by atoms with van der Waals surface area (Å²) in [6, 6.07) is 0. The largest absolute Gasteiger partial charge is 0.481 e. The predicted octanol–water partition coefficient (Wildman–Crippen LogP) is 0.638. The van der Waals surface area contributed by atoms with Gasteiger partial charge in [-0.15, -0.1) is 0 Å². The van der Waals surface area contributed by atoms with Crippen molar-refractivity contribution in [2.45, 2.75) is 32.8 Å². The molecule has 1 heterocycles. The Hall–Kier alpha value is -1.10. The third-order valence-corrected chi connectivity index (χ3v) is 2.50. The van der Waals surface area contributed by atoms with E-state index in [-0.39, 0.29) is 5.92 Å². The Kier molecular flexibility index (Phi) is 3.91. The summed E-state index contributed by atoms with van der Waals surface area (Å²) in [5, 5.41) is 12.1. The molecule has 1 unspecified atom stereocenters. The molecule has 5 heteroatoms. The topological polar surface area (TPSA) is 75.6 Å². The molecule has 1 saturated heterocycles. The third-order valence-electron chi connectivity index (χ3n) is 2.50. The Bertz CT molecular complexity index is 276. The van der Waals surface area contributed by atoms with Crippen LogP contribution in [0, 0.1) is 11.8 Å². The van der Waals surface area contributed by atoms with Crippen molar-refractivity contribution >= 4 is 11.9 Å². The molecule has 0 saturated carbocycles. The molecule has 0 aliphatic carbocycles. The van der Waals surface area contributed by atoms with E-state index in [0.29, 0.717) is 13.0 Å². The highest BCUT2D eigenvalue weighted by Crippen LogP contribution is 2.23. The van der Waals surface area contributed by atoms with Gasteiger partial charge in [-0.25, -0.2) is 0 Å². The molecule has 0 aromatic heterocycles. The number of hydrogen-bond acceptors (Lipinski definition) is 4. The van der Waals surface area contributed by atoms with Crippen molar-refractivity contribution in [1.29, 1.82) is 0 Å². The van der Waals surface area contributed by atoms with E-state index in [1.54, 1.807) is 20.8 Å². The van der Waals surface area contributed by atoms with E-state index in [2.05, 4.69) is 5.32 Å². The van der Waals surface area contributed by atoms with Gasteiger partial charge in [-0.3, -0.25) is 9.59 Å². The second kappa shape index (κ2) is 4.82. The lowest BCUT2D eigenvalue weighted by Gasteiger charge is -2.24. The van der Waals surface area contributed by atoms with Gasteiger partial charge in [0, 0.05) is 0 Å². The highest BCUT2D eigenvalue weighted by molar-refractivity contribution is 5.94. The Labute approximate surface area is 95.2 Å². The molecular formula is C11H19NO4. The van der Waals surface area contributed by atoms with Crippen LogP contribution in [0.3, 0.4) is 0 Å². The number of aliphatic carboxylic acids is 1. The molecule has 2 atom stereocenters. The van der Waals surface area contributed by atoms with Crippen molar-refractivity contribution in [3.05, 3.63) is 0 Å². The highest BCUT2D eigenvalue weighted by Gasteiger charge is 2.39. The number of carboxylic acids is 1. The van der Waals surface area contributed by atoms with Crippen LogP contribution in [0.5, 0.6) is 0 Å². The molecule has 1 aliphatic heterocycles. The molecule has 0 aromatic carbocycles. The summed E-state index contributed by atoms with van der Waals surface area (Å²) >= 11 is 0. The summed E-state index contributed by atoms with van der Waals surface area (Å²) in [6.07, 6.45) is 0.705. The molecule has 1 aliphatic rings. The lowest BCUT2D eigenvalue weighted by molar-refractivity contribution is -0.169. The van der Waals surface area contributed by atoms with Crippen LogP contribution in [0.1, 0.15) is 27.2 Å². The Morgan fingerprint density at radius 3 is 2.44 bits per heavy atom. The van der Waals surface area contributed by atoms with Crippen molar-refractivity contribution < 1.29 is 19.4 Å². The fourth-order valence-electron chi connectivity index (χ4n) is 1.82. The van der Waals surface area contributed by atoms with Crippen LogP contribution in [0.2, 0.25) is 0 Å². The zero-order valence-electron chi connectivity index (χ0n) is 9.95. The first-order chi connectivity index (χ1) is 7.31. The van der Waals surface area contributed by atoms with Crippen LogP contribution in [0.15, 0.2) is 0 Å². The fourth-order valence-corrected chi connectivity index (χ4v) is 1.82. The van der Waals surface area contributed by atoms with Gasteiger partial charge in [0.05, 0.1) is 0 Å².